The average molecular weight is 667 g/mol. The summed E-state index contributed by atoms with van der Waals surface area (Å²) in [6.45, 7) is 2.98. The van der Waals surface area contributed by atoms with E-state index < -0.39 is 23.9 Å². The Hall–Kier alpha value is -5.48. The lowest BCUT2D eigenvalue weighted by Crippen LogP contribution is -2.42. The van der Waals surface area contributed by atoms with Crippen molar-refractivity contribution in [3.05, 3.63) is 125 Å². The van der Waals surface area contributed by atoms with Crippen LogP contribution in [0.5, 0.6) is 11.5 Å². The second kappa shape index (κ2) is 19.4. The molecule has 2 amide bonds. The molecule has 0 saturated carbocycles. The van der Waals surface area contributed by atoms with E-state index in [1.807, 2.05) is 30.3 Å². The summed E-state index contributed by atoms with van der Waals surface area (Å²) in [4.78, 5) is 49.7. The van der Waals surface area contributed by atoms with Gasteiger partial charge in [-0.25, -0.2) is 9.59 Å². The van der Waals surface area contributed by atoms with Crippen LogP contribution in [0.25, 0.3) is 0 Å². The molecule has 49 heavy (non-hydrogen) atoms. The molecule has 0 spiro atoms. The number of hydrogen-bond donors (Lipinski definition) is 3. The van der Waals surface area contributed by atoms with Crippen molar-refractivity contribution in [2.24, 2.45) is 0 Å². The number of hydrogen-bond acceptors (Lipinski definition) is 7. The zero-order valence-corrected chi connectivity index (χ0v) is 27.6. The van der Waals surface area contributed by atoms with E-state index in [1.165, 1.54) is 31.4 Å². The Morgan fingerprint density at radius 3 is 2.04 bits per heavy atom. The maximum Gasteiger partial charge on any atom is 0.343 e. The fourth-order valence-corrected chi connectivity index (χ4v) is 4.86. The number of unbranched alkanes of at least 4 members (excludes halogenated alkanes) is 4. The first-order chi connectivity index (χ1) is 23.8. The van der Waals surface area contributed by atoms with Crippen LogP contribution in [-0.2, 0) is 27.4 Å². The molecule has 0 bridgehead atoms. The lowest BCUT2D eigenvalue weighted by atomic mass is 10.0. The monoisotopic (exact) mass is 666 g/mol. The fraction of sp³-hybridized carbons (Fsp3) is 0.282. The van der Waals surface area contributed by atoms with Gasteiger partial charge in [0.05, 0.1) is 18.8 Å². The summed E-state index contributed by atoms with van der Waals surface area (Å²) in [5.74, 6) is -1.66. The third kappa shape index (κ3) is 12.6. The van der Waals surface area contributed by atoms with Crippen LogP contribution in [0.1, 0.15) is 70.9 Å². The standard InChI is InChI=1S/C39H42N2O8/c1-2-3-4-5-9-24-48-33-22-16-31(17-23-33)39(46)49-34-20-12-28(13-21-34)25-35(38(44)45)41-37(43)30-14-18-32(19-15-30)40-36(42)27-47-26-29-10-7-6-8-11-29/h6-8,10-23,35H,2-5,9,24-27H2,1H3,(H,40,42)(H,41,43)(H,44,45)/t35-/m0/s1. The Morgan fingerprint density at radius 2 is 1.37 bits per heavy atom. The summed E-state index contributed by atoms with van der Waals surface area (Å²) in [5.41, 5.74) is 2.64. The molecule has 4 aromatic carbocycles. The number of esters is 1. The van der Waals surface area contributed by atoms with Crippen molar-refractivity contribution >= 4 is 29.4 Å². The largest absolute Gasteiger partial charge is 0.494 e. The zero-order valence-electron chi connectivity index (χ0n) is 27.6. The van der Waals surface area contributed by atoms with Gasteiger partial charge in [-0.15, -0.1) is 0 Å². The Balaban J connectivity index is 1.21. The fourth-order valence-electron chi connectivity index (χ4n) is 4.86. The Labute approximate surface area is 286 Å². The van der Waals surface area contributed by atoms with Gasteiger partial charge in [0.2, 0.25) is 5.91 Å². The number of carboxylic acid groups (broad SMARTS) is 1. The molecule has 0 heterocycles. The Morgan fingerprint density at radius 1 is 0.714 bits per heavy atom. The highest BCUT2D eigenvalue weighted by atomic mass is 16.5. The minimum absolute atomic E-state index is 0.00644. The molecule has 256 valence electrons. The summed E-state index contributed by atoms with van der Waals surface area (Å²) in [5, 5.41) is 15.0. The molecule has 0 unspecified atom stereocenters. The normalized spacial score (nSPS) is 11.3. The predicted octanol–water partition coefficient (Wildman–Crippen LogP) is 6.84. The van der Waals surface area contributed by atoms with E-state index in [2.05, 4.69) is 17.6 Å². The van der Waals surface area contributed by atoms with Crippen LogP contribution in [0.4, 0.5) is 5.69 Å². The minimum Gasteiger partial charge on any atom is -0.494 e. The maximum atomic E-state index is 12.8. The summed E-state index contributed by atoms with van der Waals surface area (Å²) in [6, 6.07) is 27.6. The van der Waals surface area contributed by atoms with Crippen LogP contribution in [0.15, 0.2) is 103 Å². The molecular weight excluding hydrogens is 624 g/mol. The number of nitrogens with one attached hydrogen (secondary N) is 2. The molecule has 0 saturated heterocycles. The van der Waals surface area contributed by atoms with Gasteiger partial charge in [-0.1, -0.05) is 75.1 Å². The van der Waals surface area contributed by atoms with Gasteiger partial charge >= 0.3 is 11.9 Å². The molecular formula is C39H42N2O8. The zero-order chi connectivity index (χ0) is 34.8. The molecule has 0 aliphatic rings. The molecule has 0 radical (unpaired) electrons. The molecule has 0 aliphatic carbocycles. The van der Waals surface area contributed by atoms with Gasteiger partial charge < -0.3 is 30.0 Å². The number of carbonyl (C=O) groups excluding carboxylic acids is 3. The minimum atomic E-state index is -1.21. The highest BCUT2D eigenvalue weighted by molar-refractivity contribution is 5.98. The summed E-state index contributed by atoms with van der Waals surface area (Å²) >= 11 is 0. The maximum absolute atomic E-state index is 12.8. The van der Waals surface area contributed by atoms with Crippen molar-refractivity contribution in [1.82, 2.24) is 5.32 Å². The predicted molar refractivity (Wildman–Crippen MR) is 186 cm³/mol. The van der Waals surface area contributed by atoms with Crippen LogP contribution in [-0.4, -0.2) is 48.1 Å². The summed E-state index contributed by atoms with van der Waals surface area (Å²) in [7, 11) is 0. The van der Waals surface area contributed by atoms with Gasteiger partial charge in [-0.05, 0) is 78.2 Å². The van der Waals surface area contributed by atoms with Crippen LogP contribution in [0, 0.1) is 0 Å². The second-order valence-corrected chi connectivity index (χ2v) is 11.5. The SMILES string of the molecule is CCCCCCCOc1ccc(C(=O)Oc2ccc(C[C@H](NC(=O)c3ccc(NC(=O)COCc4ccccc4)cc3)C(=O)O)cc2)cc1. The first-order valence-electron chi connectivity index (χ1n) is 16.4. The number of carbonyl (C=O) groups is 4. The van der Waals surface area contributed by atoms with Gasteiger partial charge in [0.15, 0.2) is 0 Å². The molecule has 0 aromatic heterocycles. The van der Waals surface area contributed by atoms with Crippen molar-refractivity contribution in [3.63, 3.8) is 0 Å². The van der Waals surface area contributed by atoms with E-state index in [0.717, 1.165) is 18.4 Å². The van der Waals surface area contributed by atoms with Gasteiger partial charge in [-0.2, -0.15) is 0 Å². The van der Waals surface area contributed by atoms with Gasteiger partial charge in [0, 0.05) is 17.7 Å². The van der Waals surface area contributed by atoms with Crippen LogP contribution < -0.4 is 20.1 Å². The third-order valence-electron chi connectivity index (χ3n) is 7.56. The molecule has 4 aromatic rings. The van der Waals surface area contributed by atoms with Crippen molar-refractivity contribution in [2.45, 2.75) is 58.1 Å². The van der Waals surface area contributed by atoms with Crippen molar-refractivity contribution in [2.75, 3.05) is 18.5 Å². The van der Waals surface area contributed by atoms with E-state index in [-0.39, 0.29) is 24.5 Å². The molecule has 4 rings (SSSR count). The molecule has 1 atom stereocenters. The van der Waals surface area contributed by atoms with Gasteiger partial charge in [0.25, 0.3) is 5.91 Å². The van der Waals surface area contributed by atoms with Crippen molar-refractivity contribution in [1.29, 1.82) is 0 Å². The average Bonchev–Trinajstić information content (AvgIpc) is 3.11. The number of rotatable bonds is 19. The summed E-state index contributed by atoms with van der Waals surface area (Å²) in [6.07, 6.45) is 5.76. The smallest absolute Gasteiger partial charge is 0.343 e. The topological polar surface area (TPSA) is 140 Å². The molecule has 10 nitrogen and oxygen atoms in total. The van der Waals surface area contributed by atoms with E-state index in [0.29, 0.717) is 41.5 Å². The van der Waals surface area contributed by atoms with Crippen molar-refractivity contribution < 1.29 is 38.5 Å². The molecule has 3 N–H and O–H groups in total. The summed E-state index contributed by atoms with van der Waals surface area (Å²) < 4.78 is 16.7. The lowest BCUT2D eigenvalue weighted by molar-refractivity contribution is -0.139. The van der Waals surface area contributed by atoms with Gasteiger partial charge in [-0.3, -0.25) is 9.59 Å². The number of anilines is 1. The molecule has 10 heteroatoms. The number of aliphatic carboxylic acids is 1. The lowest BCUT2D eigenvalue weighted by Gasteiger charge is -2.15. The number of carboxylic acids is 1. The van der Waals surface area contributed by atoms with Crippen LogP contribution in [0.2, 0.25) is 0 Å². The highest BCUT2D eigenvalue weighted by Crippen LogP contribution is 2.18. The number of benzene rings is 4. The Kier molecular flexibility index (Phi) is 14.4. The van der Waals surface area contributed by atoms with Gasteiger partial charge in [0.1, 0.15) is 24.1 Å². The van der Waals surface area contributed by atoms with Crippen molar-refractivity contribution in [3.8, 4) is 11.5 Å². The van der Waals surface area contributed by atoms with Crippen LogP contribution in [0.3, 0.4) is 0 Å². The highest BCUT2D eigenvalue weighted by Gasteiger charge is 2.21. The third-order valence-corrected chi connectivity index (χ3v) is 7.56. The Bertz CT molecular complexity index is 1640. The van der Waals surface area contributed by atoms with E-state index in [1.54, 1.807) is 60.7 Å². The van der Waals surface area contributed by atoms with E-state index in [4.69, 9.17) is 14.2 Å². The first-order valence-corrected chi connectivity index (χ1v) is 16.4. The quantitative estimate of drug-likeness (QED) is 0.0562. The number of amides is 2. The molecule has 0 aliphatic heterocycles. The van der Waals surface area contributed by atoms with Crippen LogP contribution >= 0.6 is 0 Å². The van der Waals surface area contributed by atoms with E-state index in [9.17, 15) is 24.3 Å². The second-order valence-electron chi connectivity index (χ2n) is 11.5. The molecule has 0 fully saturated rings. The van der Waals surface area contributed by atoms with E-state index >= 15 is 0 Å². The number of ether oxygens (including phenoxy) is 3. The first kappa shape index (κ1) is 36.4.